The topological polar surface area (TPSA) is 43.9 Å². The van der Waals surface area contributed by atoms with Crippen molar-refractivity contribution in [2.45, 2.75) is 6.92 Å². The van der Waals surface area contributed by atoms with Crippen LogP contribution in [-0.2, 0) is 0 Å². The Hall–Kier alpha value is -5.74. The van der Waals surface area contributed by atoms with Gasteiger partial charge in [-0.05, 0) is 55.0 Å². The zero-order valence-corrected chi connectivity index (χ0v) is 23.5. The third kappa shape index (κ3) is 3.57. The van der Waals surface area contributed by atoms with Gasteiger partial charge < -0.3 is 4.42 Å². The van der Waals surface area contributed by atoms with Crippen LogP contribution in [0.2, 0.25) is 0 Å². The van der Waals surface area contributed by atoms with Crippen LogP contribution >= 0.6 is 0 Å². The number of hydrogen-bond donors (Lipinski definition) is 0. The molecule has 4 heteroatoms. The van der Waals surface area contributed by atoms with Crippen LogP contribution in [-0.4, -0.2) is 14.5 Å². The van der Waals surface area contributed by atoms with Gasteiger partial charge in [-0.15, -0.1) is 0 Å². The van der Waals surface area contributed by atoms with Crippen molar-refractivity contribution < 1.29 is 4.42 Å². The second-order valence-electron chi connectivity index (χ2n) is 11.0. The van der Waals surface area contributed by atoms with Crippen molar-refractivity contribution in [1.29, 1.82) is 0 Å². The van der Waals surface area contributed by atoms with Gasteiger partial charge in [0.15, 0.2) is 0 Å². The van der Waals surface area contributed by atoms with Crippen LogP contribution in [0.15, 0.2) is 138 Å². The van der Waals surface area contributed by atoms with E-state index in [2.05, 4.69) is 127 Å². The van der Waals surface area contributed by atoms with Gasteiger partial charge in [-0.3, -0.25) is 4.57 Å². The van der Waals surface area contributed by atoms with Gasteiger partial charge in [0.05, 0.1) is 22.2 Å². The minimum atomic E-state index is 0.864. The Labute approximate surface area is 247 Å². The number of aromatic nitrogens is 3. The van der Waals surface area contributed by atoms with Gasteiger partial charge in [-0.1, -0.05) is 91.0 Å². The molecular formula is C39H25N3O. The summed E-state index contributed by atoms with van der Waals surface area (Å²) in [6.45, 7) is 2.05. The highest BCUT2D eigenvalue weighted by Crippen LogP contribution is 2.46. The zero-order chi connectivity index (χ0) is 28.5. The molecule has 4 nitrogen and oxygen atoms in total. The summed E-state index contributed by atoms with van der Waals surface area (Å²) in [6.07, 6.45) is 0. The van der Waals surface area contributed by atoms with Gasteiger partial charge in [0.1, 0.15) is 17.0 Å². The highest BCUT2D eigenvalue weighted by molar-refractivity contribution is 6.27. The largest absolute Gasteiger partial charge is 0.456 e. The molecular weight excluding hydrogens is 526 g/mol. The molecule has 0 atom stereocenters. The molecule has 9 aromatic rings. The molecule has 0 unspecified atom stereocenters. The molecule has 0 aliphatic heterocycles. The summed E-state index contributed by atoms with van der Waals surface area (Å²) in [5, 5.41) is 5.64. The van der Waals surface area contributed by atoms with E-state index in [0.29, 0.717) is 0 Å². The number of imidazole rings is 1. The SMILES string of the molecule is Cc1nc2ccccc2n1-c1ccc(-c2nc3ccccc3c3c(-c4ccccc4)c4c(cc23)oc2ccccc24)cc1. The van der Waals surface area contributed by atoms with Gasteiger partial charge >= 0.3 is 0 Å². The Kier molecular flexibility index (Phi) is 5.08. The summed E-state index contributed by atoms with van der Waals surface area (Å²) < 4.78 is 8.71. The molecule has 0 amide bonds. The molecule has 6 aromatic carbocycles. The predicted molar refractivity (Wildman–Crippen MR) is 177 cm³/mol. The van der Waals surface area contributed by atoms with Crippen LogP contribution in [0.3, 0.4) is 0 Å². The maximum absolute atomic E-state index is 6.51. The minimum absolute atomic E-state index is 0.864. The van der Waals surface area contributed by atoms with Crippen LogP contribution in [0.25, 0.3) is 82.7 Å². The molecule has 3 aromatic heterocycles. The van der Waals surface area contributed by atoms with Gasteiger partial charge in [0, 0.05) is 43.7 Å². The number of hydrogen-bond acceptors (Lipinski definition) is 3. The van der Waals surface area contributed by atoms with Gasteiger partial charge in [-0.25, -0.2) is 9.97 Å². The van der Waals surface area contributed by atoms with E-state index in [1.54, 1.807) is 0 Å². The molecule has 0 radical (unpaired) electrons. The fourth-order valence-corrected chi connectivity index (χ4v) is 6.67. The maximum atomic E-state index is 6.51. The summed E-state index contributed by atoms with van der Waals surface area (Å²) in [5.74, 6) is 0.961. The highest BCUT2D eigenvalue weighted by atomic mass is 16.3. The Morgan fingerprint density at radius 2 is 1.23 bits per heavy atom. The number of benzene rings is 6. The van der Waals surface area contributed by atoms with Crippen LogP contribution < -0.4 is 0 Å². The Morgan fingerprint density at radius 3 is 2.07 bits per heavy atom. The lowest BCUT2D eigenvalue weighted by atomic mass is 9.89. The van der Waals surface area contributed by atoms with E-state index in [1.807, 2.05) is 18.2 Å². The molecule has 0 aliphatic carbocycles. The molecule has 202 valence electrons. The standard InChI is InChI=1S/C39H25N3O/c1-24-40-32-16-8-9-17-33(32)42(24)27-21-19-26(20-22-27)39-30-23-35-38(29-14-6-10-18-34(29)43-35)36(25-11-3-2-4-12-25)37(30)28-13-5-7-15-31(28)41-39/h2-23H,1H3. The fourth-order valence-electron chi connectivity index (χ4n) is 6.67. The molecule has 0 aliphatic rings. The summed E-state index contributed by atoms with van der Waals surface area (Å²) in [6, 6.07) is 46.6. The third-order valence-electron chi connectivity index (χ3n) is 8.52. The second kappa shape index (κ2) is 9.13. The predicted octanol–water partition coefficient (Wildman–Crippen LogP) is 10.3. The second-order valence-corrected chi connectivity index (χ2v) is 11.0. The van der Waals surface area contributed by atoms with Crippen molar-refractivity contribution in [3.8, 4) is 28.1 Å². The highest BCUT2D eigenvalue weighted by Gasteiger charge is 2.21. The Balaban J connectivity index is 1.37. The van der Waals surface area contributed by atoms with E-state index >= 15 is 0 Å². The lowest BCUT2D eigenvalue weighted by molar-refractivity contribution is 0.669. The van der Waals surface area contributed by atoms with Crippen LogP contribution in [0.4, 0.5) is 0 Å². The van der Waals surface area contributed by atoms with Crippen molar-refractivity contribution in [2.75, 3.05) is 0 Å². The fraction of sp³-hybridized carbons (Fsp3) is 0.0256. The number of para-hydroxylation sites is 4. The number of pyridine rings is 1. The van der Waals surface area contributed by atoms with E-state index in [0.717, 1.165) is 77.6 Å². The summed E-state index contributed by atoms with van der Waals surface area (Å²) in [4.78, 5) is 10.0. The number of furan rings is 1. The monoisotopic (exact) mass is 551 g/mol. The first kappa shape index (κ1) is 23.9. The molecule has 9 rings (SSSR count). The van der Waals surface area contributed by atoms with E-state index in [4.69, 9.17) is 14.4 Å². The zero-order valence-electron chi connectivity index (χ0n) is 23.5. The van der Waals surface area contributed by atoms with Crippen LogP contribution in [0, 0.1) is 6.92 Å². The molecule has 0 saturated heterocycles. The Morgan fingerprint density at radius 1 is 0.535 bits per heavy atom. The van der Waals surface area contributed by atoms with Gasteiger partial charge in [0.2, 0.25) is 0 Å². The first-order valence-electron chi connectivity index (χ1n) is 14.5. The number of rotatable bonds is 3. The molecule has 0 N–H and O–H groups in total. The van der Waals surface area contributed by atoms with Crippen molar-refractivity contribution >= 4 is 54.6 Å². The lowest BCUT2D eigenvalue weighted by Crippen LogP contribution is -1.97. The van der Waals surface area contributed by atoms with Crippen LogP contribution in [0.5, 0.6) is 0 Å². The average Bonchev–Trinajstić information content (AvgIpc) is 3.60. The summed E-state index contributed by atoms with van der Waals surface area (Å²) in [7, 11) is 0. The molecule has 3 heterocycles. The van der Waals surface area contributed by atoms with Crippen molar-refractivity contribution in [3.05, 3.63) is 139 Å². The first-order valence-corrected chi connectivity index (χ1v) is 14.5. The lowest BCUT2D eigenvalue weighted by Gasteiger charge is -2.16. The van der Waals surface area contributed by atoms with E-state index in [-0.39, 0.29) is 0 Å². The number of fused-ring (bicyclic) bond motifs is 7. The number of nitrogens with zero attached hydrogens (tertiary/aromatic N) is 3. The third-order valence-corrected chi connectivity index (χ3v) is 8.52. The molecule has 0 spiro atoms. The van der Waals surface area contributed by atoms with Crippen molar-refractivity contribution in [2.24, 2.45) is 0 Å². The van der Waals surface area contributed by atoms with Crippen molar-refractivity contribution in [3.63, 3.8) is 0 Å². The van der Waals surface area contributed by atoms with Gasteiger partial charge in [0.25, 0.3) is 0 Å². The number of aryl methyl sites for hydroxylation is 1. The smallest absolute Gasteiger partial charge is 0.136 e. The van der Waals surface area contributed by atoms with E-state index in [9.17, 15) is 0 Å². The average molecular weight is 552 g/mol. The first-order chi connectivity index (χ1) is 21.2. The molecule has 0 fully saturated rings. The van der Waals surface area contributed by atoms with E-state index in [1.165, 1.54) is 10.9 Å². The quantitative estimate of drug-likeness (QED) is 0.205. The van der Waals surface area contributed by atoms with Crippen molar-refractivity contribution in [1.82, 2.24) is 14.5 Å². The molecule has 0 saturated carbocycles. The molecule has 43 heavy (non-hydrogen) atoms. The van der Waals surface area contributed by atoms with Gasteiger partial charge in [-0.2, -0.15) is 0 Å². The normalized spacial score (nSPS) is 11.8. The van der Waals surface area contributed by atoms with E-state index < -0.39 is 0 Å². The Bertz CT molecular complexity index is 2500. The maximum Gasteiger partial charge on any atom is 0.136 e. The summed E-state index contributed by atoms with van der Waals surface area (Å²) >= 11 is 0. The summed E-state index contributed by atoms with van der Waals surface area (Å²) in [5.41, 5.74) is 10.2. The molecule has 0 bridgehead atoms. The van der Waals surface area contributed by atoms with Crippen LogP contribution in [0.1, 0.15) is 5.82 Å². The minimum Gasteiger partial charge on any atom is -0.456 e.